The van der Waals surface area contributed by atoms with Gasteiger partial charge < -0.3 is 10.4 Å². The van der Waals surface area contributed by atoms with E-state index in [2.05, 4.69) is 14.9 Å². The summed E-state index contributed by atoms with van der Waals surface area (Å²) in [7, 11) is 0. The molecule has 1 amide bonds. The first-order chi connectivity index (χ1) is 9.22. The van der Waals surface area contributed by atoms with Crippen LogP contribution in [0.4, 0.5) is 0 Å². The lowest BCUT2D eigenvalue weighted by Crippen LogP contribution is -2.23. The highest BCUT2D eigenvalue weighted by molar-refractivity contribution is 7.08. The Hall–Kier alpha value is -1.95. The van der Waals surface area contributed by atoms with E-state index in [1.54, 1.807) is 18.2 Å². The fraction of sp³-hybridized carbons (Fsp3) is 0.308. The van der Waals surface area contributed by atoms with Crippen LogP contribution in [0.15, 0.2) is 24.3 Å². The molecule has 6 heteroatoms. The summed E-state index contributed by atoms with van der Waals surface area (Å²) in [4.78, 5) is 12.6. The molecular formula is C13H15N3O2S. The third kappa shape index (κ3) is 3.29. The smallest absolute Gasteiger partial charge is 0.265 e. The molecule has 0 bridgehead atoms. The minimum Gasteiger partial charge on any atom is -0.508 e. The van der Waals surface area contributed by atoms with Crippen molar-refractivity contribution in [1.82, 2.24) is 14.9 Å². The zero-order valence-corrected chi connectivity index (χ0v) is 11.4. The number of hydrogen-bond acceptors (Lipinski definition) is 5. The predicted molar refractivity (Wildman–Crippen MR) is 73.2 cm³/mol. The molecule has 0 saturated heterocycles. The van der Waals surface area contributed by atoms with Gasteiger partial charge in [0, 0.05) is 12.1 Å². The van der Waals surface area contributed by atoms with E-state index in [0.717, 1.165) is 30.1 Å². The first kappa shape index (κ1) is 13.5. The number of rotatable bonds is 5. The summed E-state index contributed by atoms with van der Waals surface area (Å²) in [5.74, 6) is -0.0132. The van der Waals surface area contributed by atoms with Gasteiger partial charge in [0.05, 0.1) is 5.69 Å². The number of carbonyl (C=O) groups excluding carboxylic acids is 1. The van der Waals surface area contributed by atoms with Crippen LogP contribution in [-0.2, 0) is 13.0 Å². The molecule has 0 atom stereocenters. The van der Waals surface area contributed by atoms with Crippen molar-refractivity contribution in [2.24, 2.45) is 0 Å². The summed E-state index contributed by atoms with van der Waals surface area (Å²) in [5, 5.41) is 16.3. The number of aromatic nitrogens is 2. The van der Waals surface area contributed by atoms with Crippen LogP contribution in [0.1, 0.15) is 34.3 Å². The van der Waals surface area contributed by atoms with Gasteiger partial charge in [-0.25, -0.2) is 0 Å². The van der Waals surface area contributed by atoms with Gasteiger partial charge in [0.25, 0.3) is 5.91 Å². The van der Waals surface area contributed by atoms with E-state index in [-0.39, 0.29) is 18.2 Å². The number of carbonyl (C=O) groups is 1. The van der Waals surface area contributed by atoms with E-state index in [9.17, 15) is 9.90 Å². The molecule has 100 valence electrons. The quantitative estimate of drug-likeness (QED) is 0.878. The summed E-state index contributed by atoms with van der Waals surface area (Å²) in [6, 6.07) is 6.93. The van der Waals surface area contributed by atoms with Crippen LogP contribution < -0.4 is 5.32 Å². The molecule has 0 aliphatic rings. The second kappa shape index (κ2) is 6.29. The minimum atomic E-state index is -0.193. The summed E-state index contributed by atoms with van der Waals surface area (Å²) in [6.45, 7) is 2.32. The van der Waals surface area contributed by atoms with Gasteiger partial charge in [-0.2, -0.15) is 0 Å². The Morgan fingerprint density at radius 3 is 2.95 bits per heavy atom. The number of phenolic OH excluding ortho intramolecular Hbond substituents is 1. The van der Waals surface area contributed by atoms with Crippen molar-refractivity contribution in [2.45, 2.75) is 26.3 Å². The van der Waals surface area contributed by atoms with Crippen molar-refractivity contribution in [3.63, 3.8) is 0 Å². The largest absolute Gasteiger partial charge is 0.508 e. The molecule has 0 unspecified atom stereocenters. The maximum atomic E-state index is 12.0. The Bertz CT molecular complexity index is 569. The molecule has 0 fully saturated rings. The summed E-state index contributed by atoms with van der Waals surface area (Å²) in [6.07, 6.45) is 1.67. The van der Waals surface area contributed by atoms with Crippen molar-refractivity contribution in [3.05, 3.63) is 40.4 Å². The Morgan fingerprint density at radius 2 is 2.21 bits per heavy atom. The second-order valence-corrected chi connectivity index (χ2v) is 4.86. The third-order valence-corrected chi connectivity index (χ3v) is 3.45. The second-order valence-electron chi connectivity index (χ2n) is 4.11. The van der Waals surface area contributed by atoms with Gasteiger partial charge in [-0.1, -0.05) is 36.0 Å². The van der Waals surface area contributed by atoms with Gasteiger partial charge in [-0.15, -0.1) is 5.10 Å². The molecule has 1 heterocycles. The highest BCUT2D eigenvalue weighted by Crippen LogP contribution is 2.16. The van der Waals surface area contributed by atoms with E-state index in [1.807, 2.05) is 13.0 Å². The molecular weight excluding hydrogens is 262 g/mol. The topological polar surface area (TPSA) is 75.1 Å². The lowest BCUT2D eigenvalue weighted by atomic mass is 10.2. The highest BCUT2D eigenvalue weighted by Gasteiger charge is 2.15. The van der Waals surface area contributed by atoms with E-state index in [4.69, 9.17) is 0 Å². The normalized spacial score (nSPS) is 10.4. The number of phenols is 1. The molecule has 0 aliphatic carbocycles. The maximum absolute atomic E-state index is 12.0. The Labute approximate surface area is 115 Å². The Kier molecular flexibility index (Phi) is 4.46. The van der Waals surface area contributed by atoms with Gasteiger partial charge in [0.2, 0.25) is 0 Å². The van der Waals surface area contributed by atoms with Gasteiger partial charge in [-0.05, 0) is 24.0 Å². The van der Waals surface area contributed by atoms with E-state index >= 15 is 0 Å². The van der Waals surface area contributed by atoms with Crippen LogP contribution in [0.5, 0.6) is 5.75 Å². The van der Waals surface area contributed by atoms with E-state index in [0.29, 0.717) is 10.4 Å². The van der Waals surface area contributed by atoms with Crippen LogP contribution in [-0.4, -0.2) is 20.6 Å². The fourth-order valence-corrected chi connectivity index (χ4v) is 2.32. The lowest BCUT2D eigenvalue weighted by Gasteiger charge is -2.06. The Balaban J connectivity index is 2.02. The number of hydrogen-bond donors (Lipinski definition) is 2. The SMILES string of the molecule is CCCc1nnsc1C(=O)NCc1ccccc1O. The number of para-hydroxylation sites is 1. The van der Waals surface area contributed by atoms with Crippen molar-refractivity contribution in [1.29, 1.82) is 0 Å². The molecule has 0 radical (unpaired) electrons. The highest BCUT2D eigenvalue weighted by atomic mass is 32.1. The van der Waals surface area contributed by atoms with E-state index in [1.165, 1.54) is 0 Å². The summed E-state index contributed by atoms with van der Waals surface area (Å²) in [5.41, 5.74) is 1.42. The van der Waals surface area contributed by atoms with Crippen LogP contribution in [0.2, 0.25) is 0 Å². The van der Waals surface area contributed by atoms with Crippen molar-refractivity contribution in [3.8, 4) is 5.75 Å². The predicted octanol–water partition coefficient (Wildman–Crippen LogP) is 2.13. The average molecular weight is 277 g/mol. The summed E-state index contributed by atoms with van der Waals surface area (Å²) >= 11 is 1.10. The zero-order valence-electron chi connectivity index (χ0n) is 10.6. The first-order valence-corrected chi connectivity index (χ1v) is 6.86. The zero-order chi connectivity index (χ0) is 13.7. The standard InChI is InChI=1S/C13H15N3O2S/c1-2-5-10-12(19-16-15-10)13(18)14-8-9-6-3-4-7-11(9)17/h3-4,6-7,17H,2,5,8H2,1H3,(H,14,18). The number of aryl methyl sites for hydroxylation is 1. The number of aromatic hydroxyl groups is 1. The number of benzene rings is 1. The van der Waals surface area contributed by atoms with Crippen molar-refractivity contribution < 1.29 is 9.90 Å². The van der Waals surface area contributed by atoms with Crippen molar-refractivity contribution >= 4 is 17.4 Å². The van der Waals surface area contributed by atoms with Gasteiger partial charge in [-0.3, -0.25) is 4.79 Å². The molecule has 0 spiro atoms. The van der Waals surface area contributed by atoms with Gasteiger partial charge >= 0.3 is 0 Å². The number of nitrogens with one attached hydrogen (secondary N) is 1. The van der Waals surface area contributed by atoms with Gasteiger partial charge in [0.1, 0.15) is 10.6 Å². The lowest BCUT2D eigenvalue weighted by molar-refractivity contribution is 0.0953. The molecule has 2 aromatic rings. The monoisotopic (exact) mass is 277 g/mol. The first-order valence-electron chi connectivity index (χ1n) is 6.08. The molecule has 0 aliphatic heterocycles. The Morgan fingerprint density at radius 1 is 1.42 bits per heavy atom. The molecule has 19 heavy (non-hydrogen) atoms. The molecule has 1 aromatic carbocycles. The maximum Gasteiger partial charge on any atom is 0.265 e. The molecule has 1 aromatic heterocycles. The molecule has 2 N–H and O–H groups in total. The van der Waals surface area contributed by atoms with Crippen LogP contribution in [0.25, 0.3) is 0 Å². The van der Waals surface area contributed by atoms with Crippen LogP contribution in [0, 0.1) is 0 Å². The third-order valence-electron chi connectivity index (χ3n) is 2.68. The average Bonchev–Trinajstić information content (AvgIpc) is 2.86. The minimum absolute atomic E-state index is 0.180. The summed E-state index contributed by atoms with van der Waals surface area (Å²) < 4.78 is 3.82. The van der Waals surface area contributed by atoms with E-state index < -0.39 is 0 Å². The fourth-order valence-electron chi connectivity index (χ4n) is 1.70. The van der Waals surface area contributed by atoms with Crippen LogP contribution in [0.3, 0.4) is 0 Å². The van der Waals surface area contributed by atoms with Crippen molar-refractivity contribution in [2.75, 3.05) is 0 Å². The number of nitrogens with zero attached hydrogens (tertiary/aromatic N) is 2. The molecule has 5 nitrogen and oxygen atoms in total. The molecule has 0 saturated carbocycles. The van der Waals surface area contributed by atoms with Crippen LogP contribution >= 0.6 is 11.5 Å². The number of amides is 1. The van der Waals surface area contributed by atoms with Gasteiger partial charge in [0.15, 0.2) is 0 Å². The molecule has 2 rings (SSSR count).